The summed E-state index contributed by atoms with van der Waals surface area (Å²) in [4.78, 5) is 22.1. The molecular formula is C11H20N2O4. The van der Waals surface area contributed by atoms with Gasteiger partial charge in [0.25, 0.3) is 0 Å². The van der Waals surface area contributed by atoms with Crippen LogP contribution in [0.3, 0.4) is 0 Å². The molecule has 0 spiro atoms. The van der Waals surface area contributed by atoms with Gasteiger partial charge in [0.2, 0.25) is 5.91 Å². The van der Waals surface area contributed by atoms with E-state index in [-0.39, 0.29) is 24.8 Å². The molecule has 0 aromatic heterocycles. The third kappa shape index (κ3) is 4.70. The second-order valence-electron chi connectivity index (χ2n) is 4.51. The minimum atomic E-state index is -1.40. The zero-order valence-corrected chi connectivity index (χ0v) is 9.98. The standard InChI is InChI=1S/C11H20N2O4/c1-7-6-8(2-4-12-7)10(15)13-5-3-9(14)11(16)17/h7-9,12,14H,2-6H2,1H3,(H,13,15)(H,16,17)/t7?,8?,9-/m0/s1. The molecule has 3 atom stereocenters. The van der Waals surface area contributed by atoms with E-state index in [0.29, 0.717) is 6.04 Å². The fraction of sp³-hybridized carbons (Fsp3) is 0.818. The highest BCUT2D eigenvalue weighted by atomic mass is 16.4. The highest BCUT2D eigenvalue weighted by Crippen LogP contribution is 2.15. The van der Waals surface area contributed by atoms with Crippen LogP contribution >= 0.6 is 0 Å². The highest BCUT2D eigenvalue weighted by Gasteiger charge is 2.24. The summed E-state index contributed by atoms with van der Waals surface area (Å²) >= 11 is 0. The molecule has 0 aliphatic carbocycles. The smallest absolute Gasteiger partial charge is 0.332 e. The maximum atomic E-state index is 11.7. The molecule has 2 unspecified atom stereocenters. The van der Waals surface area contributed by atoms with Crippen LogP contribution in [-0.2, 0) is 9.59 Å². The Hall–Kier alpha value is -1.14. The lowest BCUT2D eigenvalue weighted by Gasteiger charge is -2.27. The van der Waals surface area contributed by atoms with Crippen molar-refractivity contribution in [3.05, 3.63) is 0 Å². The Labute approximate surface area is 100 Å². The van der Waals surface area contributed by atoms with Gasteiger partial charge >= 0.3 is 5.97 Å². The van der Waals surface area contributed by atoms with Crippen LogP contribution in [0, 0.1) is 5.92 Å². The Morgan fingerprint density at radius 1 is 1.53 bits per heavy atom. The molecule has 1 rings (SSSR count). The molecule has 98 valence electrons. The monoisotopic (exact) mass is 244 g/mol. The number of aliphatic hydroxyl groups is 1. The van der Waals surface area contributed by atoms with Gasteiger partial charge < -0.3 is 20.8 Å². The van der Waals surface area contributed by atoms with Crippen molar-refractivity contribution in [2.75, 3.05) is 13.1 Å². The van der Waals surface area contributed by atoms with Crippen LogP contribution in [0.5, 0.6) is 0 Å². The summed E-state index contributed by atoms with van der Waals surface area (Å²) in [5.41, 5.74) is 0. The normalized spacial score (nSPS) is 26.2. The summed E-state index contributed by atoms with van der Waals surface area (Å²) in [6.07, 6.45) is 0.245. The number of carbonyl (C=O) groups is 2. The van der Waals surface area contributed by atoms with Crippen molar-refractivity contribution in [2.24, 2.45) is 5.92 Å². The van der Waals surface area contributed by atoms with E-state index in [1.807, 2.05) is 6.92 Å². The van der Waals surface area contributed by atoms with Crippen LogP contribution in [0.1, 0.15) is 26.2 Å². The molecule has 0 radical (unpaired) electrons. The summed E-state index contributed by atoms with van der Waals surface area (Å²) in [6, 6.07) is 0.337. The van der Waals surface area contributed by atoms with Gasteiger partial charge in [-0.05, 0) is 26.3 Å². The van der Waals surface area contributed by atoms with Gasteiger partial charge in [-0.2, -0.15) is 0 Å². The molecule has 6 heteroatoms. The molecule has 0 aromatic carbocycles. The van der Waals surface area contributed by atoms with Crippen LogP contribution in [0.2, 0.25) is 0 Å². The molecule has 4 N–H and O–H groups in total. The predicted octanol–water partition coefficient (Wildman–Crippen LogP) is -0.674. The van der Waals surface area contributed by atoms with Crippen LogP contribution in [0.15, 0.2) is 0 Å². The fourth-order valence-corrected chi connectivity index (χ4v) is 1.97. The molecule has 0 aromatic rings. The second kappa shape index (κ2) is 6.56. The van der Waals surface area contributed by atoms with E-state index in [0.717, 1.165) is 19.4 Å². The molecule has 1 fully saturated rings. The predicted molar refractivity (Wildman–Crippen MR) is 61.5 cm³/mol. The number of nitrogens with one attached hydrogen (secondary N) is 2. The SMILES string of the molecule is CC1CC(C(=O)NCC[C@H](O)C(=O)O)CCN1. The largest absolute Gasteiger partial charge is 0.479 e. The van der Waals surface area contributed by atoms with Crippen LogP contribution in [0.4, 0.5) is 0 Å². The number of carbonyl (C=O) groups excluding carboxylic acids is 1. The molecule has 1 aliphatic rings. The van der Waals surface area contributed by atoms with E-state index in [9.17, 15) is 9.59 Å². The van der Waals surface area contributed by atoms with Gasteiger partial charge in [0.15, 0.2) is 6.10 Å². The number of hydrogen-bond acceptors (Lipinski definition) is 4. The average Bonchev–Trinajstić information content (AvgIpc) is 2.28. The number of piperidine rings is 1. The topological polar surface area (TPSA) is 98.7 Å². The van der Waals surface area contributed by atoms with E-state index in [1.165, 1.54) is 0 Å². The lowest BCUT2D eigenvalue weighted by atomic mass is 9.92. The summed E-state index contributed by atoms with van der Waals surface area (Å²) in [6.45, 7) is 3.06. The second-order valence-corrected chi connectivity index (χ2v) is 4.51. The van der Waals surface area contributed by atoms with Crippen molar-refractivity contribution < 1.29 is 19.8 Å². The van der Waals surface area contributed by atoms with Crippen molar-refractivity contribution in [1.29, 1.82) is 0 Å². The third-order valence-corrected chi connectivity index (χ3v) is 3.00. The fourth-order valence-electron chi connectivity index (χ4n) is 1.97. The number of rotatable bonds is 5. The van der Waals surface area contributed by atoms with Crippen molar-refractivity contribution in [2.45, 2.75) is 38.3 Å². The first-order valence-electron chi connectivity index (χ1n) is 5.92. The molecule has 0 bridgehead atoms. The summed E-state index contributed by atoms with van der Waals surface area (Å²) in [7, 11) is 0. The Bertz CT molecular complexity index is 283. The van der Waals surface area contributed by atoms with Gasteiger partial charge in [-0.25, -0.2) is 4.79 Å². The molecule has 1 heterocycles. The number of aliphatic hydroxyl groups excluding tert-OH is 1. The number of hydrogen-bond donors (Lipinski definition) is 4. The maximum Gasteiger partial charge on any atom is 0.332 e. The van der Waals surface area contributed by atoms with Gasteiger partial charge in [-0.1, -0.05) is 0 Å². The molecule has 0 saturated carbocycles. The van der Waals surface area contributed by atoms with Gasteiger partial charge in [-0.15, -0.1) is 0 Å². The van der Waals surface area contributed by atoms with Crippen LogP contribution in [-0.4, -0.2) is 47.3 Å². The third-order valence-electron chi connectivity index (χ3n) is 3.00. The van der Waals surface area contributed by atoms with Crippen molar-refractivity contribution in [3.63, 3.8) is 0 Å². The zero-order valence-electron chi connectivity index (χ0n) is 9.98. The van der Waals surface area contributed by atoms with Crippen LogP contribution < -0.4 is 10.6 Å². The Morgan fingerprint density at radius 3 is 2.82 bits per heavy atom. The quantitative estimate of drug-likeness (QED) is 0.514. The van der Waals surface area contributed by atoms with Crippen LogP contribution in [0.25, 0.3) is 0 Å². The zero-order chi connectivity index (χ0) is 12.8. The van der Waals surface area contributed by atoms with E-state index >= 15 is 0 Å². The Balaban J connectivity index is 2.22. The number of aliphatic carboxylic acids is 1. The van der Waals surface area contributed by atoms with Gasteiger partial charge in [0.05, 0.1) is 0 Å². The lowest BCUT2D eigenvalue weighted by Crippen LogP contribution is -2.43. The summed E-state index contributed by atoms with van der Waals surface area (Å²) < 4.78 is 0. The Kier molecular flexibility index (Phi) is 5.37. The number of amides is 1. The molecular weight excluding hydrogens is 224 g/mol. The number of carboxylic acid groups (broad SMARTS) is 1. The first-order valence-corrected chi connectivity index (χ1v) is 5.92. The molecule has 1 aliphatic heterocycles. The number of carboxylic acids is 1. The van der Waals surface area contributed by atoms with E-state index < -0.39 is 12.1 Å². The Morgan fingerprint density at radius 2 is 2.24 bits per heavy atom. The van der Waals surface area contributed by atoms with E-state index in [4.69, 9.17) is 10.2 Å². The minimum Gasteiger partial charge on any atom is -0.479 e. The maximum absolute atomic E-state index is 11.7. The highest BCUT2D eigenvalue weighted by molar-refractivity contribution is 5.79. The first kappa shape index (κ1) is 13.9. The molecule has 17 heavy (non-hydrogen) atoms. The van der Waals surface area contributed by atoms with Crippen molar-refractivity contribution >= 4 is 11.9 Å². The van der Waals surface area contributed by atoms with Crippen molar-refractivity contribution in [3.8, 4) is 0 Å². The minimum absolute atomic E-state index is 0.00628. The first-order chi connectivity index (χ1) is 8.00. The lowest BCUT2D eigenvalue weighted by molar-refractivity contribution is -0.147. The van der Waals surface area contributed by atoms with Crippen molar-refractivity contribution in [1.82, 2.24) is 10.6 Å². The van der Waals surface area contributed by atoms with Gasteiger partial charge in [0.1, 0.15) is 0 Å². The molecule has 1 saturated heterocycles. The molecule has 1 amide bonds. The molecule has 6 nitrogen and oxygen atoms in total. The summed E-state index contributed by atoms with van der Waals surface area (Å²) in [5.74, 6) is -1.31. The van der Waals surface area contributed by atoms with Gasteiger partial charge in [-0.3, -0.25) is 4.79 Å². The summed E-state index contributed by atoms with van der Waals surface area (Å²) in [5, 5.41) is 23.4. The van der Waals surface area contributed by atoms with Gasteiger partial charge in [0, 0.05) is 24.9 Å². The average molecular weight is 244 g/mol. The van der Waals surface area contributed by atoms with E-state index in [1.54, 1.807) is 0 Å². The van der Waals surface area contributed by atoms with E-state index in [2.05, 4.69) is 10.6 Å².